The summed E-state index contributed by atoms with van der Waals surface area (Å²) < 4.78 is 6.15. The van der Waals surface area contributed by atoms with Gasteiger partial charge in [-0.05, 0) is 36.9 Å². The van der Waals surface area contributed by atoms with Gasteiger partial charge in [-0.25, -0.2) is 0 Å². The molecule has 0 bridgehead atoms. The molecule has 2 rings (SSSR count). The Balaban J connectivity index is 2.41. The van der Waals surface area contributed by atoms with Gasteiger partial charge in [-0.1, -0.05) is 60.7 Å². The summed E-state index contributed by atoms with van der Waals surface area (Å²) in [5, 5.41) is 0. The van der Waals surface area contributed by atoms with Crippen molar-refractivity contribution in [2.75, 3.05) is 6.54 Å². The van der Waals surface area contributed by atoms with Crippen molar-refractivity contribution in [1.82, 2.24) is 0 Å². The Bertz CT molecular complexity index is 461. The van der Waals surface area contributed by atoms with Crippen molar-refractivity contribution >= 4 is 10.5 Å². The SMILES string of the molecule is NCCCCC(O[SiH3])(c1ccccc1)c1ccccc1. The first-order valence-corrected chi connectivity index (χ1v) is 8.01. The molecule has 0 aliphatic rings. The van der Waals surface area contributed by atoms with E-state index < -0.39 is 0 Å². The molecule has 2 N–H and O–H groups in total. The van der Waals surface area contributed by atoms with E-state index in [1.54, 1.807) is 0 Å². The summed E-state index contributed by atoms with van der Waals surface area (Å²) in [7, 11) is 0.703. The van der Waals surface area contributed by atoms with Crippen molar-refractivity contribution in [2.24, 2.45) is 5.73 Å². The molecule has 0 spiro atoms. The molecule has 0 aliphatic heterocycles. The molecule has 0 fully saturated rings. The van der Waals surface area contributed by atoms with Crippen molar-refractivity contribution < 1.29 is 4.43 Å². The predicted molar refractivity (Wildman–Crippen MR) is 87.6 cm³/mol. The largest absolute Gasteiger partial charge is 0.414 e. The van der Waals surface area contributed by atoms with Crippen molar-refractivity contribution in [3.05, 3.63) is 71.8 Å². The van der Waals surface area contributed by atoms with Gasteiger partial charge in [-0.15, -0.1) is 0 Å². The van der Waals surface area contributed by atoms with E-state index in [0.717, 1.165) is 25.8 Å². The third-order valence-corrected chi connectivity index (χ3v) is 4.51. The van der Waals surface area contributed by atoms with Crippen molar-refractivity contribution in [3.8, 4) is 0 Å². The molecule has 106 valence electrons. The number of nitrogens with two attached hydrogens (primary N) is 1. The molecular weight excluding hydrogens is 262 g/mol. The molecule has 0 saturated heterocycles. The van der Waals surface area contributed by atoms with Crippen LogP contribution in [-0.2, 0) is 10.0 Å². The summed E-state index contributed by atoms with van der Waals surface area (Å²) in [5.41, 5.74) is 7.80. The third-order valence-electron chi connectivity index (χ3n) is 3.81. The topological polar surface area (TPSA) is 35.2 Å². The minimum absolute atomic E-state index is 0.316. The second-order valence-electron chi connectivity index (χ2n) is 5.01. The monoisotopic (exact) mass is 285 g/mol. The Hall–Kier alpha value is -1.42. The lowest BCUT2D eigenvalue weighted by Gasteiger charge is -2.34. The first-order valence-electron chi connectivity index (χ1n) is 7.20. The van der Waals surface area contributed by atoms with Gasteiger partial charge in [0.25, 0.3) is 0 Å². The molecule has 0 aliphatic carbocycles. The van der Waals surface area contributed by atoms with Gasteiger partial charge in [0, 0.05) is 0 Å². The van der Waals surface area contributed by atoms with Crippen molar-refractivity contribution in [3.63, 3.8) is 0 Å². The smallest absolute Gasteiger partial charge is 0.147 e. The Morgan fingerprint density at radius 1 is 0.850 bits per heavy atom. The minimum atomic E-state index is -0.316. The van der Waals surface area contributed by atoms with Gasteiger partial charge in [0.1, 0.15) is 16.1 Å². The lowest BCUT2D eigenvalue weighted by Crippen LogP contribution is -2.30. The number of hydrogen-bond acceptors (Lipinski definition) is 2. The first kappa shape index (κ1) is 15.0. The molecular formula is C17H23NOSi. The molecule has 2 aromatic rings. The zero-order valence-corrected chi connectivity index (χ0v) is 14.1. The van der Waals surface area contributed by atoms with Crippen LogP contribution in [0.5, 0.6) is 0 Å². The molecule has 0 radical (unpaired) electrons. The van der Waals surface area contributed by atoms with Crippen LogP contribution in [0, 0.1) is 0 Å². The van der Waals surface area contributed by atoms with E-state index in [1.807, 2.05) is 12.1 Å². The van der Waals surface area contributed by atoms with Gasteiger partial charge in [-0.3, -0.25) is 0 Å². The van der Waals surface area contributed by atoms with Gasteiger partial charge < -0.3 is 10.2 Å². The quantitative estimate of drug-likeness (QED) is 0.626. The van der Waals surface area contributed by atoms with E-state index in [2.05, 4.69) is 48.5 Å². The van der Waals surface area contributed by atoms with E-state index in [4.69, 9.17) is 10.2 Å². The lowest BCUT2D eigenvalue weighted by atomic mass is 9.82. The summed E-state index contributed by atoms with van der Waals surface area (Å²) in [6.45, 7) is 0.737. The maximum atomic E-state index is 6.15. The van der Waals surface area contributed by atoms with Gasteiger partial charge >= 0.3 is 0 Å². The molecule has 20 heavy (non-hydrogen) atoms. The average molecular weight is 285 g/mol. The second-order valence-corrected chi connectivity index (χ2v) is 5.42. The van der Waals surface area contributed by atoms with Crippen LogP contribution >= 0.6 is 0 Å². The van der Waals surface area contributed by atoms with Crippen LogP contribution in [0.2, 0.25) is 0 Å². The van der Waals surface area contributed by atoms with Crippen LogP contribution in [0.4, 0.5) is 0 Å². The fraction of sp³-hybridized carbons (Fsp3) is 0.294. The third kappa shape index (κ3) is 3.18. The van der Waals surface area contributed by atoms with E-state index in [0.29, 0.717) is 10.5 Å². The van der Waals surface area contributed by atoms with E-state index in [1.165, 1.54) is 11.1 Å². The summed E-state index contributed by atoms with van der Waals surface area (Å²) in [6, 6.07) is 21.1. The zero-order chi connectivity index (χ0) is 14.3. The second kappa shape index (κ2) is 7.38. The number of hydrogen-bond donors (Lipinski definition) is 1. The number of unbranched alkanes of at least 4 members (excludes halogenated alkanes) is 1. The highest BCUT2D eigenvalue weighted by atomic mass is 28.2. The van der Waals surface area contributed by atoms with Crippen molar-refractivity contribution in [1.29, 1.82) is 0 Å². The molecule has 2 aromatic carbocycles. The fourth-order valence-electron chi connectivity index (χ4n) is 2.73. The summed E-state index contributed by atoms with van der Waals surface area (Å²) in [5.74, 6) is 0. The summed E-state index contributed by atoms with van der Waals surface area (Å²) >= 11 is 0. The van der Waals surface area contributed by atoms with Crippen LogP contribution < -0.4 is 5.73 Å². The molecule has 0 aromatic heterocycles. The van der Waals surface area contributed by atoms with E-state index >= 15 is 0 Å². The highest BCUT2D eigenvalue weighted by Gasteiger charge is 2.32. The maximum Gasteiger partial charge on any atom is 0.147 e. The summed E-state index contributed by atoms with van der Waals surface area (Å²) in [6.07, 6.45) is 3.08. The van der Waals surface area contributed by atoms with Crippen LogP contribution in [0.25, 0.3) is 0 Å². The average Bonchev–Trinajstić information content (AvgIpc) is 2.54. The predicted octanol–water partition coefficient (Wildman–Crippen LogP) is 2.36. The molecule has 3 heteroatoms. The van der Waals surface area contributed by atoms with E-state index in [9.17, 15) is 0 Å². The van der Waals surface area contributed by atoms with Crippen LogP contribution in [-0.4, -0.2) is 17.0 Å². The van der Waals surface area contributed by atoms with Crippen LogP contribution in [0.3, 0.4) is 0 Å². The van der Waals surface area contributed by atoms with Crippen LogP contribution in [0.15, 0.2) is 60.7 Å². The number of rotatable bonds is 7. The summed E-state index contributed by atoms with van der Waals surface area (Å²) in [4.78, 5) is 0. The van der Waals surface area contributed by atoms with Gasteiger partial charge in [0.2, 0.25) is 0 Å². The molecule has 0 atom stereocenters. The molecule has 0 saturated carbocycles. The highest BCUT2D eigenvalue weighted by Crippen LogP contribution is 2.37. The first-order chi connectivity index (χ1) is 9.83. The normalized spacial score (nSPS) is 11.7. The van der Waals surface area contributed by atoms with Gasteiger partial charge in [0.05, 0.1) is 0 Å². The maximum absolute atomic E-state index is 6.15. The zero-order valence-electron chi connectivity index (χ0n) is 12.1. The molecule has 0 heterocycles. The Labute approximate surface area is 124 Å². The minimum Gasteiger partial charge on any atom is -0.414 e. The number of benzene rings is 2. The molecule has 0 unspecified atom stereocenters. The lowest BCUT2D eigenvalue weighted by molar-refractivity contribution is 0.111. The van der Waals surface area contributed by atoms with Gasteiger partial charge in [-0.2, -0.15) is 0 Å². The fourth-order valence-corrected chi connectivity index (χ4v) is 3.40. The Morgan fingerprint density at radius 3 is 1.75 bits per heavy atom. The molecule has 2 nitrogen and oxygen atoms in total. The van der Waals surface area contributed by atoms with E-state index in [-0.39, 0.29) is 5.60 Å². The van der Waals surface area contributed by atoms with Crippen molar-refractivity contribution in [2.45, 2.75) is 24.9 Å². The Morgan fingerprint density at radius 2 is 1.35 bits per heavy atom. The van der Waals surface area contributed by atoms with Gasteiger partial charge in [0.15, 0.2) is 0 Å². The van der Waals surface area contributed by atoms with Crippen LogP contribution in [0.1, 0.15) is 30.4 Å². The highest BCUT2D eigenvalue weighted by molar-refractivity contribution is 5.98. The standard InChI is InChI=1S/C17H23NOSi/c18-14-8-7-13-17(19-20,15-9-3-1-4-10-15)16-11-5-2-6-12-16/h1-6,9-12H,7-8,13-14,18H2,20H3. The Kier molecular flexibility index (Phi) is 5.53. The molecule has 0 amide bonds.